The number of pyridine rings is 1. The summed E-state index contributed by atoms with van der Waals surface area (Å²) in [6.07, 6.45) is 1.85. The van der Waals surface area contributed by atoms with Gasteiger partial charge in [-0.3, -0.25) is 10.2 Å². The second-order valence-electron chi connectivity index (χ2n) is 7.03. The van der Waals surface area contributed by atoms with Crippen molar-refractivity contribution >= 4 is 35.0 Å². The Hall–Kier alpha value is -3.47. The average Bonchev–Trinajstić information content (AvgIpc) is 2.75. The van der Waals surface area contributed by atoms with Crippen LogP contribution in [0.15, 0.2) is 29.3 Å². The van der Waals surface area contributed by atoms with Crippen molar-refractivity contribution in [2.45, 2.75) is 12.6 Å². The van der Waals surface area contributed by atoms with Crippen molar-refractivity contribution in [3.8, 4) is 12.3 Å². The van der Waals surface area contributed by atoms with Crippen molar-refractivity contribution in [2.24, 2.45) is 4.99 Å². The molecular weight excluding hydrogens is 398 g/mol. The Labute approximate surface area is 178 Å². The first-order chi connectivity index (χ1) is 14.6. The van der Waals surface area contributed by atoms with Crippen LogP contribution >= 0.6 is 11.8 Å². The van der Waals surface area contributed by atoms with Crippen LogP contribution in [0.2, 0.25) is 0 Å². The summed E-state index contributed by atoms with van der Waals surface area (Å²) in [6.45, 7) is 3.11. The maximum Gasteiger partial charge on any atom is 0.211 e. The summed E-state index contributed by atoms with van der Waals surface area (Å²) in [5.74, 6) is 3.01. The van der Waals surface area contributed by atoms with Crippen LogP contribution in [0.5, 0.6) is 0 Å². The Morgan fingerprint density at radius 2 is 1.93 bits per heavy atom. The molecule has 30 heavy (non-hydrogen) atoms. The van der Waals surface area contributed by atoms with Crippen molar-refractivity contribution in [1.29, 1.82) is 10.5 Å². The molecule has 1 atom stereocenters. The van der Waals surface area contributed by atoms with Gasteiger partial charge in [-0.2, -0.15) is 22.3 Å². The van der Waals surface area contributed by atoms with E-state index in [2.05, 4.69) is 37.6 Å². The fraction of sp³-hybridized carbons (Fsp3) is 0.300. The average molecular weight is 420 g/mol. The molecule has 4 rings (SSSR count). The van der Waals surface area contributed by atoms with Gasteiger partial charge in [0, 0.05) is 36.7 Å². The van der Waals surface area contributed by atoms with E-state index in [1.54, 1.807) is 0 Å². The number of fused-ring (bicyclic) bond motifs is 1. The molecule has 0 spiro atoms. The number of hydrogen-bond acceptors (Lipinski definition) is 10. The van der Waals surface area contributed by atoms with Gasteiger partial charge in [-0.15, -0.1) is 0 Å². The Kier molecular flexibility index (Phi) is 5.61. The van der Waals surface area contributed by atoms with Gasteiger partial charge in [0.15, 0.2) is 6.19 Å². The highest BCUT2D eigenvalue weighted by molar-refractivity contribution is 7.99. The molecule has 3 heterocycles. The molecule has 0 saturated carbocycles. The summed E-state index contributed by atoms with van der Waals surface area (Å²) in [6, 6.07) is 9.67. The maximum atomic E-state index is 9.42. The number of nitrogens with two attached hydrogens (primary N) is 2. The van der Waals surface area contributed by atoms with E-state index in [-0.39, 0.29) is 23.0 Å². The van der Waals surface area contributed by atoms with Gasteiger partial charge < -0.3 is 16.8 Å². The number of nitrogens with zero attached hydrogens (tertiary/aromatic N) is 5. The molecule has 2 aliphatic rings. The van der Waals surface area contributed by atoms with E-state index in [0.29, 0.717) is 11.4 Å². The third-order valence-electron chi connectivity index (χ3n) is 5.16. The first-order valence-electron chi connectivity index (χ1n) is 9.48. The van der Waals surface area contributed by atoms with E-state index in [1.165, 1.54) is 17.1 Å². The van der Waals surface area contributed by atoms with Gasteiger partial charge in [0.1, 0.15) is 29.3 Å². The van der Waals surface area contributed by atoms with Gasteiger partial charge in [0.05, 0.1) is 5.69 Å². The van der Waals surface area contributed by atoms with Gasteiger partial charge in [-0.25, -0.2) is 9.98 Å². The fourth-order valence-corrected chi connectivity index (χ4v) is 4.62. The zero-order valence-corrected chi connectivity index (χ0v) is 17.0. The molecule has 0 radical (unpaired) electrons. The van der Waals surface area contributed by atoms with Crippen LogP contribution in [0, 0.1) is 22.8 Å². The summed E-state index contributed by atoms with van der Waals surface area (Å²) >= 11 is 1.99. The van der Waals surface area contributed by atoms with Crippen molar-refractivity contribution in [1.82, 2.24) is 15.2 Å². The number of nitrogens with one attached hydrogen (secondary N) is 2. The highest BCUT2D eigenvalue weighted by atomic mass is 32.2. The van der Waals surface area contributed by atoms with Crippen LogP contribution in [-0.4, -0.2) is 40.4 Å². The second-order valence-corrected chi connectivity index (χ2v) is 8.26. The molecule has 2 aliphatic heterocycles. The van der Waals surface area contributed by atoms with Gasteiger partial charge in [-0.1, -0.05) is 24.3 Å². The van der Waals surface area contributed by atoms with E-state index in [4.69, 9.17) is 16.7 Å². The van der Waals surface area contributed by atoms with Crippen LogP contribution in [0.3, 0.4) is 0 Å². The predicted octanol–water partition coefficient (Wildman–Crippen LogP) is 1.61. The van der Waals surface area contributed by atoms with Crippen molar-refractivity contribution in [3.05, 3.63) is 46.5 Å². The summed E-state index contributed by atoms with van der Waals surface area (Å²) < 4.78 is 0. The number of guanidine groups is 1. The SMILES string of the molecule is N#CNC1=NC(c2ccc(CN3CCSCC3)cc2)c2c(nc(N)c(C#N)c2N)N1. The second kappa shape index (κ2) is 8.49. The number of nitriles is 2. The standard InChI is InChI=1S/C20H21N9S/c21-9-14-16(23)15-17(26-20(25-11-22)28-19(15)27-18(14)24)13-3-1-12(2-4-13)10-29-5-7-30-8-6-29/h1-4,17H,5-8,10H2,(H6,23,24,25,26,27,28). The van der Waals surface area contributed by atoms with Crippen LogP contribution in [0.25, 0.3) is 0 Å². The first-order valence-corrected chi connectivity index (χ1v) is 10.6. The molecule has 2 aromatic rings. The molecule has 0 bridgehead atoms. The lowest BCUT2D eigenvalue weighted by molar-refractivity contribution is 0.294. The van der Waals surface area contributed by atoms with Crippen LogP contribution in [0.4, 0.5) is 17.3 Å². The summed E-state index contributed by atoms with van der Waals surface area (Å²) in [4.78, 5) is 11.3. The van der Waals surface area contributed by atoms with E-state index < -0.39 is 6.04 Å². The number of aromatic nitrogens is 1. The minimum Gasteiger partial charge on any atom is -0.397 e. The lowest BCUT2D eigenvalue weighted by Gasteiger charge is -2.27. The largest absolute Gasteiger partial charge is 0.397 e. The van der Waals surface area contributed by atoms with Crippen molar-refractivity contribution in [2.75, 3.05) is 41.4 Å². The number of thioether (sulfide) groups is 1. The molecule has 0 amide bonds. The maximum absolute atomic E-state index is 9.42. The first kappa shape index (κ1) is 19.8. The summed E-state index contributed by atoms with van der Waals surface area (Å²) in [7, 11) is 0. The number of hydrogen-bond donors (Lipinski definition) is 4. The highest BCUT2D eigenvalue weighted by Crippen LogP contribution is 2.40. The quantitative estimate of drug-likeness (QED) is 0.429. The van der Waals surface area contributed by atoms with Crippen molar-refractivity contribution in [3.63, 3.8) is 0 Å². The van der Waals surface area contributed by atoms with Crippen LogP contribution in [0.1, 0.15) is 28.3 Å². The van der Waals surface area contributed by atoms with Crippen molar-refractivity contribution < 1.29 is 0 Å². The number of nitrogen functional groups attached to an aromatic ring is 2. The topological polar surface area (TPSA) is 152 Å². The fourth-order valence-electron chi connectivity index (χ4n) is 3.64. The smallest absolute Gasteiger partial charge is 0.211 e. The Balaban J connectivity index is 1.69. The normalized spacial score (nSPS) is 18.3. The third kappa shape index (κ3) is 3.83. The van der Waals surface area contributed by atoms with E-state index in [0.717, 1.165) is 25.2 Å². The zero-order chi connectivity index (χ0) is 21.1. The monoisotopic (exact) mass is 419 g/mol. The lowest BCUT2D eigenvalue weighted by Crippen LogP contribution is -2.33. The molecule has 1 fully saturated rings. The molecule has 1 unspecified atom stereocenters. The predicted molar refractivity (Wildman–Crippen MR) is 118 cm³/mol. The van der Waals surface area contributed by atoms with E-state index in [9.17, 15) is 5.26 Å². The molecule has 1 saturated heterocycles. The summed E-state index contributed by atoms with van der Waals surface area (Å²) in [5.41, 5.74) is 15.2. The molecule has 0 aliphatic carbocycles. The molecule has 6 N–H and O–H groups in total. The molecule has 9 nitrogen and oxygen atoms in total. The van der Waals surface area contributed by atoms with Gasteiger partial charge in [0.2, 0.25) is 5.96 Å². The molecule has 152 valence electrons. The third-order valence-corrected chi connectivity index (χ3v) is 6.11. The minimum absolute atomic E-state index is 0.0354. The van der Waals surface area contributed by atoms with Gasteiger partial charge >= 0.3 is 0 Å². The molecular formula is C20H21N9S. The van der Waals surface area contributed by atoms with E-state index >= 15 is 0 Å². The van der Waals surface area contributed by atoms with Gasteiger partial charge in [-0.05, 0) is 11.1 Å². The number of benzene rings is 1. The highest BCUT2D eigenvalue weighted by Gasteiger charge is 2.29. The minimum atomic E-state index is -0.516. The number of rotatable bonds is 3. The molecule has 1 aromatic carbocycles. The van der Waals surface area contributed by atoms with Gasteiger partial charge in [0.25, 0.3) is 0 Å². The van der Waals surface area contributed by atoms with Crippen LogP contribution in [-0.2, 0) is 6.54 Å². The number of anilines is 3. The zero-order valence-electron chi connectivity index (χ0n) is 16.2. The number of aliphatic imine (C=N–C) groups is 1. The molecule has 10 heteroatoms. The lowest BCUT2D eigenvalue weighted by atomic mass is 9.94. The summed E-state index contributed by atoms with van der Waals surface area (Å²) in [5, 5.41) is 23.9. The molecule has 1 aromatic heterocycles. The van der Waals surface area contributed by atoms with Crippen LogP contribution < -0.4 is 22.1 Å². The van der Waals surface area contributed by atoms with E-state index in [1.807, 2.05) is 36.2 Å². The Morgan fingerprint density at radius 1 is 1.20 bits per heavy atom. The Bertz CT molecular complexity index is 1060. The Morgan fingerprint density at radius 3 is 2.60 bits per heavy atom.